The molecule has 0 atom stereocenters. The van der Waals surface area contributed by atoms with E-state index in [9.17, 15) is 9.59 Å². The van der Waals surface area contributed by atoms with Crippen LogP contribution < -0.4 is 16.0 Å². The van der Waals surface area contributed by atoms with E-state index in [-0.39, 0.29) is 11.9 Å². The van der Waals surface area contributed by atoms with Gasteiger partial charge in [0.1, 0.15) is 0 Å². The van der Waals surface area contributed by atoms with Gasteiger partial charge in [0.2, 0.25) is 5.91 Å². The number of carbonyl (C=O) groups is 2. The molecule has 1 aliphatic rings. The third-order valence-electron chi connectivity index (χ3n) is 4.46. The van der Waals surface area contributed by atoms with E-state index in [0.717, 1.165) is 24.8 Å². The van der Waals surface area contributed by atoms with Crippen molar-refractivity contribution < 1.29 is 9.59 Å². The Bertz CT molecular complexity index is 542. The topological polar surface area (TPSA) is 70.2 Å². The van der Waals surface area contributed by atoms with Gasteiger partial charge in [-0.2, -0.15) is 0 Å². The van der Waals surface area contributed by atoms with Crippen molar-refractivity contribution in [2.24, 2.45) is 0 Å². The van der Waals surface area contributed by atoms with Crippen LogP contribution in [0.4, 0.5) is 4.79 Å². The second-order valence-corrected chi connectivity index (χ2v) is 7.00. The summed E-state index contributed by atoms with van der Waals surface area (Å²) in [5, 5.41) is 9.45. The van der Waals surface area contributed by atoms with E-state index < -0.39 is 0 Å². The highest BCUT2D eigenvalue weighted by atomic mass is 35.5. The lowest BCUT2D eigenvalue weighted by molar-refractivity contribution is -0.121. The first-order chi connectivity index (χ1) is 12.1. The molecule has 3 N–H and O–H groups in total. The van der Waals surface area contributed by atoms with Crippen LogP contribution in [0.25, 0.3) is 0 Å². The molecule has 0 saturated heterocycles. The highest BCUT2D eigenvalue weighted by Crippen LogP contribution is 2.17. The fourth-order valence-electron chi connectivity index (χ4n) is 3.02. The van der Waals surface area contributed by atoms with Crippen LogP contribution >= 0.6 is 11.6 Å². The predicted molar refractivity (Wildman–Crippen MR) is 101 cm³/mol. The molecule has 1 aromatic rings. The second-order valence-electron chi connectivity index (χ2n) is 6.57. The van der Waals surface area contributed by atoms with Crippen molar-refractivity contribution >= 4 is 23.5 Å². The molecule has 0 unspecified atom stereocenters. The van der Waals surface area contributed by atoms with Crippen LogP contribution in [-0.4, -0.2) is 31.1 Å². The Hall–Kier alpha value is -1.75. The minimum absolute atomic E-state index is 0.0171. The predicted octanol–water partition coefficient (Wildman–Crippen LogP) is 3.41. The molecule has 25 heavy (non-hydrogen) atoms. The van der Waals surface area contributed by atoms with E-state index in [2.05, 4.69) is 16.0 Å². The summed E-state index contributed by atoms with van der Waals surface area (Å²) in [5.41, 5.74) is 1.14. The van der Waals surface area contributed by atoms with Crippen LogP contribution in [0, 0.1) is 0 Å². The zero-order chi connectivity index (χ0) is 17.9. The smallest absolute Gasteiger partial charge is 0.315 e. The van der Waals surface area contributed by atoms with Crippen molar-refractivity contribution in [1.29, 1.82) is 0 Å². The summed E-state index contributed by atoms with van der Waals surface area (Å²) in [4.78, 5) is 23.6. The molecule has 0 radical (unpaired) electrons. The Labute approximate surface area is 154 Å². The summed E-state index contributed by atoms with van der Waals surface area (Å²) in [7, 11) is 0. The first kappa shape index (κ1) is 19.6. The number of benzene rings is 1. The van der Waals surface area contributed by atoms with Crippen molar-refractivity contribution in [1.82, 2.24) is 16.0 Å². The second kappa shape index (κ2) is 11.0. The lowest BCUT2D eigenvalue weighted by Crippen LogP contribution is -2.43. The van der Waals surface area contributed by atoms with Crippen LogP contribution in [0.5, 0.6) is 0 Å². The first-order valence-electron chi connectivity index (χ1n) is 9.19. The molecule has 138 valence electrons. The van der Waals surface area contributed by atoms with E-state index in [1.807, 2.05) is 24.3 Å². The number of nitrogens with one attached hydrogen (secondary N) is 3. The third-order valence-corrected chi connectivity index (χ3v) is 4.71. The molecule has 0 aromatic heterocycles. The van der Waals surface area contributed by atoms with Crippen molar-refractivity contribution in [3.63, 3.8) is 0 Å². The molecule has 0 spiro atoms. The molecule has 6 heteroatoms. The monoisotopic (exact) mass is 365 g/mol. The number of carbonyl (C=O) groups excluding carboxylic acids is 2. The first-order valence-corrected chi connectivity index (χ1v) is 9.57. The van der Waals surface area contributed by atoms with Crippen LogP contribution in [0.2, 0.25) is 5.02 Å². The largest absolute Gasteiger partial charge is 0.356 e. The van der Waals surface area contributed by atoms with E-state index in [4.69, 9.17) is 11.6 Å². The third kappa shape index (κ3) is 8.25. The van der Waals surface area contributed by atoms with Gasteiger partial charge in [-0.1, -0.05) is 43.0 Å². The zero-order valence-corrected chi connectivity index (χ0v) is 15.4. The Morgan fingerprint density at radius 2 is 1.72 bits per heavy atom. The van der Waals surface area contributed by atoms with Gasteiger partial charge in [-0.3, -0.25) is 4.79 Å². The molecule has 1 aliphatic carbocycles. The summed E-state index contributed by atoms with van der Waals surface area (Å²) in [5.74, 6) is 0.0171. The van der Waals surface area contributed by atoms with Gasteiger partial charge < -0.3 is 16.0 Å². The average Bonchev–Trinajstić information content (AvgIpc) is 2.61. The number of hydrogen-bond acceptors (Lipinski definition) is 2. The van der Waals surface area contributed by atoms with E-state index in [0.29, 0.717) is 37.0 Å². The number of amides is 3. The number of hydrogen-bond donors (Lipinski definition) is 3. The highest BCUT2D eigenvalue weighted by Gasteiger charge is 2.15. The van der Waals surface area contributed by atoms with Gasteiger partial charge in [-0.25, -0.2) is 4.79 Å². The van der Waals surface area contributed by atoms with Gasteiger partial charge in [-0.15, -0.1) is 0 Å². The van der Waals surface area contributed by atoms with Gasteiger partial charge in [0.05, 0.1) is 0 Å². The molecule has 0 aliphatic heterocycles. The molecule has 0 heterocycles. The minimum Gasteiger partial charge on any atom is -0.356 e. The quantitative estimate of drug-likeness (QED) is 0.618. The van der Waals surface area contributed by atoms with Crippen molar-refractivity contribution in [3.05, 3.63) is 34.9 Å². The minimum atomic E-state index is -0.116. The standard InChI is InChI=1S/C19H28ClN3O2/c20-16-10-8-15(9-11-16)12-14-21-18(24)7-4-13-22-19(25)23-17-5-2-1-3-6-17/h8-11,17H,1-7,12-14H2,(H,21,24)(H2,22,23,25). The van der Waals surface area contributed by atoms with Crippen molar-refractivity contribution in [2.45, 2.75) is 57.4 Å². The van der Waals surface area contributed by atoms with Gasteiger partial charge >= 0.3 is 6.03 Å². The van der Waals surface area contributed by atoms with Crippen LogP contribution in [0.3, 0.4) is 0 Å². The van der Waals surface area contributed by atoms with E-state index >= 15 is 0 Å². The lowest BCUT2D eigenvalue weighted by Gasteiger charge is -2.22. The maximum Gasteiger partial charge on any atom is 0.315 e. The lowest BCUT2D eigenvalue weighted by atomic mass is 9.96. The van der Waals surface area contributed by atoms with Crippen molar-refractivity contribution in [2.75, 3.05) is 13.1 Å². The molecular formula is C19H28ClN3O2. The maximum atomic E-state index is 11.8. The molecule has 0 bridgehead atoms. The molecule has 1 aromatic carbocycles. The molecule has 1 fully saturated rings. The SMILES string of the molecule is O=C(CCCNC(=O)NC1CCCCC1)NCCc1ccc(Cl)cc1. The number of urea groups is 1. The Morgan fingerprint density at radius 3 is 2.44 bits per heavy atom. The summed E-state index contributed by atoms with van der Waals surface area (Å²) in [6.45, 7) is 1.12. The molecular weight excluding hydrogens is 338 g/mol. The van der Waals surface area contributed by atoms with E-state index in [1.54, 1.807) is 0 Å². The molecule has 5 nitrogen and oxygen atoms in total. The van der Waals surface area contributed by atoms with Gasteiger partial charge in [0.15, 0.2) is 0 Å². The fraction of sp³-hybridized carbons (Fsp3) is 0.579. The molecule has 3 amide bonds. The van der Waals surface area contributed by atoms with Crippen molar-refractivity contribution in [3.8, 4) is 0 Å². The summed E-state index contributed by atoms with van der Waals surface area (Å²) in [6.07, 6.45) is 7.66. The van der Waals surface area contributed by atoms with Crippen LogP contribution in [0.1, 0.15) is 50.5 Å². The number of halogens is 1. The van der Waals surface area contributed by atoms with Crippen LogP contribution in [-0.2, 0) is 11.2 Å². The van der Waals surface area contributed by atoms with E-state index in [1.165, 1.54) is 19.3 Å². The Balaban J connectivity index is 1.48. The van der Waals surface area contributed by atoms with Gasteiger partial charge in [0, 0.05) is 30.6 Å². The average molecular weight is 366 g/mol. The molecule has 2 rings (SSSR count). The summed E-state index contributed by atoms with van der Waals surface area (Å²) in [6, 6.07) is 7.82. The Morgan fingerprint density at radius 1 is 1.00 bits per heavy atom. The summed E-state index contributed by atoms with van der Waals surface area (Å²) < 4.78 is 0. The molecule has 1 saturated carbocycles. The Kier molecular flexibility index (Phi) is 8.60. The van der Waals surface area contributed by atoms with Crippen LogP contribution in [0.15, 0.2) is 24.3 Å². The summed E-state index contributed by atoms with van der Waals surface area (Å²) >= 11 is 5.84. The fourth-order valence-corrected chi connectivity index (χ4v) is 3.15. The highest BCUT2D eigenvalue weighted by molar-refractivity contribution is 6.30. The zero-order valence-electron chi connectivity index (χ0n) is 14.7. The van der Waals surface area contributed by atoms with Gasteiger partial charge in [-0.05, 0) is 43.4 Å². The maximum absolute atomic E-state index is 11.8. The normalized spacial score (nSPS) is 14.8. The number of rotatable bonds is 8. The van der Waals surface area contributed by atoms with Gasteiger partial charge in [0.25, 0.3) is 0 Å².